The third-order valence-electron chi connectivity index (χ3n) is 1.62. The van der Waals surface area contributed by atoms with E-state index >= 15 is 0 Å². The van der Waals surface area contributed by atoms with Crippen LogP contribution in [0.25, 0.3) is 0 Å². The van der Waals surface area contributed by atoms with Gasteiger partial charge in [0.1, 0.15) is 0 Å². The summed E-state index contributed by atoms with van der Waals surface area (Å²) >= 11 is 1.40. The predicted molar refractivity (Wildman–Crippen MR) is 56.6 cm³/mol. The van der Waals surface area contributed by atoms with Crippen molar-refractivity contribution < 1.29 is 8.42 Å². The summed E-state index contributed by atoms with van der Waals surface area (Å²) in [7, 11) is -3.35. The molecule has 0 bridgehead atoms. The molecule has 0 saturated carbocycles. The summed E-state index contributed by atoms with van der Waals surface area (Å²) in [6, 6.07) is 0. The molecule has 0 fully saturated rings. The number of hydrogen-bond acceptors (Lipinski definition) is 4. The molecule has 0 spiro atoms. The summed E-state index contributed by atoms with van der Waals surface area (Å²) in [6.45, 7) is 2.84. The van der Waals surface area contributed by atoms with Crippen LogP contribution in [-0.2, 0) is 16.6 Å². The predicted octanol–water partition coefficient (Wildman–Crippen LogP) is 0.284. The van der Waals surface area contributed by atoms with E-state index in [1.807, 2.05) is 17.7 Å². The molecule has 0 aromatic carbocycles. The van der Waals surface area contributed by atoms with Gasteiger partial charge in [-0.25, -0.2) is 18.5 Å². The van der Waals surface area contributed by atoms with E-state index in [1.54, 1.807) is 6.20 Å². The Bertz CT molecular complexity index is 385. The zero-order valence-corrected chi connectivity index (χ0v) is 9.51. The highest BCUT2D eigenvalue weighted by molar-refractivity contribution is 8.00. The molecular formula is C7H13N3O2S2. The maximum Gasteiger partial charge on any atom is 0.209 e. The molecule has 0 amide bonds. The number of aryl methyl sites for hydroxylation is 1. The summed E-state index contributed by atoms with van der Waals surface area (Å²) in [5.41, 5.74) is 0. The van der Waals surface area contributed by atoms with Gasteiger partial charge in [-0.2, -0.15) is 0 Å². The molecule has 7 heteroatoms. The number of imidazole rings is 1. The molecule has 14 heavy (non-hydrogen) atoms. The third-order valence-corrected chi connectivity index (χ3v) is 3.65. The number of nitrogens with zero attached hydrogens (tertiary/aromatic N) is 2. The van der Waals surface area contributed by atoms with E-state index in [9.17, 15) is 8.42 Å². The topological polar surface area (TPSA) is 78.0 Å². The Morgan fingerprint density at radius 3 is 2.93 bits per heavy atom. The van der Waals surface area contributed by atoms with Crippen LogP contribution in [0.15, 0.2) is 17.6 Å². The molecule has 0 aliphatic heterocycles. The van der Waals surface area contributed by atoms with Crippen molar-refractivity contribution in [3.05, 3.63) is 12.4 Å². The molecule has 1 rings (SSSR count). The van der Waals surface area contributed by atoms with Gasteiger partial charge < -0.3 is 4.57 Å². The average molecular weight is 235 g/mol. The van der Waals surface area contributed by atoms with Crippen LogP contribution in [0.3, 0.4) is 0 Å². The zero-order chi connectivity index (χ0) is 10.6. The summed E-state index contributed by atoms with van der Waals surface area (Å²) in [6.07, 6.45) is 3.56. The third kappa shape index (κ3) is 3.69. The van der Waals surface area contributed by atoms with Gasteiger partial charge in [0.15, 0.2) is 5.16 Å². The maximum absolute atomic E-state index is 10.7. The van der Waals surface area contributed by atoms with Crippen molar-refractivity contribution in [2.75, 3.05) is 11.5 Å². The molecular weight excluding hydrogens is 222 g/mol. The molecule has 0 saturated heterocycles. The molecule has 0 unspecified atom stereocenters. The zero-order valence-electron chi connectivity index (χ0n) is 7.88. The summed E-state index contributed by atoms with van der Waals surface area (Å²) in [5, 5.41) is 5.71. The van der Waals surface area contributed by atoms with Crippen molar-refractivity contribution in [1.29, 1.82) is 0 Å². The first-order valence-electron chi connectivity index (χ1n) is 4.17. The van der Waals surface area contributed by atoms with E-state index in [4.69, 9.17) is 5.14 Å². The van der Waals surface area contributed by atoms with Gasteiger partial charge in [0.25, 0.3) is 0 Å². The fourth-order valence-electron chi connectivity index (χ4n) is 0.925. The van der Waals surface area contributed by atoms with Crippen LogP contribution in [0.2, 0.25) is 0 Å². The van der Waals surface area contributed by atoms with Gasteiger partial charge >= 0.3 is 0 Å². The minimum Gasteiger partial charge on any atom is -0.326 e. The minimum atomic E-state index is -3.35. The number of thioether (sulfide) groups is 1. The van der Waals surface area contributed by atoms with Crippen LogP contribution in [-0.4, -0.2) is 29.5 Å². The molecule has 0 aliphatic rings. The second kappa shape index (κ2) is 4.81. The summed E-state index contributed by atoms with van der Waals surface area (Å²) in [4.78, 5) is 4.10. The highest BCUT2D eigenvalue weighted by Gasteiger charge is 2.05. The number of nitrogens with two attached hydrogens (primary N) is 1. The smallest absolute Gasteiger partial charge is 0.209 e. The first-order chi connectivity index (χ1) is 6.53. The van der Waals surface area contributed by atoms with Gasteiger partial charge in [0.2, 0.25) is 10.0 Å². The lowest BCUT2D eigenvalue weighted by Gasteiger charge is -2.02. The highest BCUT2D eigenvalue weighted by Crippen LogP contribution is 2.15. The van der Waals surface area contributed by atoms with Crippen molar-refractivity contribution in [2.24, 2.45) is 5.14 Å². The Morgan fingerprint density at radius 2 is 2.36 bits per heavy atom. The van der Waals surface area contributed by atoms with Crippen molar-refractivity contribution >= 4 is 21.8 Å². The first kappa shape index (κ1) is 11.5. The fraction of sp³-hybridized carbons (Fsp3) is 0.571. The quantitative estimate of drug-likeness (QED) is 0.744. The fourth-order valence-corrected chi connectivity index (χ4v) is 2.86. The van der Waals surface area contributed by atoms with E-state index < -0.39 is 10.0 Å². The molecule has 1 heterocycles. The van der Waals surface area contributed by atoms with Gasteiger partial charge in [0, 0.05) is 24.7 Å². The highest BCUT2D eigenvalue weighted by atomic mass is 32.2. The molecule has 1 aromatic rings. The lowest BCUT2D eigenvalue weighted by atomic mass is 10.7. The number of hydrogen-bond donors (Lipinski definition) is 1. The van der Waals surface area contributed by atoms with E-state index in [1.165, 1.54) is 11.8 Å². The Hall–Kier alpha value is -0.530. The van der Waals surface area contributed by atoms with Crippen LogP contribution in [0.5, 0.6) is 0 Å². The second-order valence-corrected chi connectivity index (χ2v) is 5.51. The molecule has 5 nitrogen and oxygen atoms in total. The minimum absolute atomic E-state index is 0.0196. The monoisotopic (exact) mass is 235 g/mol. The van der Waals surface area contributed by atoms with Gasteiger partial charge in [-0.3, -0.25) is 0 Å². The van der Waals surface area contributed by atoms with Crippen LogP contribution in [0.1, 0.15) is 6.92 Å². The van der Waals surface area contributed by atoms with E-state index in [0.29, 0.717) is 5.75 Å². The molecule has 0 atom stereocenters. The normalized spacial score (nSPS) is 11.9. The Kier molecular flexibility index (Phi) is 3.97. The van der Waals surface area contributed by atoms with E-state index in [-0.39, 0.29) is 5.75 Å². The molecule has 2 N–H and O–H groups in total. The average Bonchev–Trinajstić information content (AvgIpc) is 2.49. The maximum atomic E-state index is 10.7. The summed E-state index contributed by atoms with van der Waals surface area (Å²) < 4.78 is 23.3. The Morgan fingerprint density at radius 1 is 1.64 bits per heavy atom. The SMILES string of the molecule is CCn1ccnc1SCCS(N)(=O)=O. The number of aromatic nitrogens is 2. The number of rotatable bonds is 5. The van der Waals surface area contributed by atoms with Crippen LogP contribution in [0, 0.1) is 0 Å². The van der Waals surface area contributed by atoms with Crippen molar-refractivity contribution in [3.63, 3.8) is 0 Å². The lowest BCUT2D eigenvalue weighted by molar-refractivity contribution is 0.599. The van der Waals surface area contributed by atoms with Crippen molar-refractivity contribution in [1.82, 2.24) is 9.55 Å². The standard InChI is InChI=1S/C7H13N3O2S2/c1-2-10-4-3-9-7(10)13-5-6-14(8,11)12/h3-4H,2,5-6H2,1H3,(H2,8,11,12). The van der Waals surface area contributed by atoms with Crippen LogP contribution in [0.4, 0.5) is 0 Å². The van der Waals surface area contributed by atoms with Crippen LogP contribution < -0.4 is 5.14 Å². The molecule has 80 valence electrons. The van der Waals surface area contributed by atoms with Gasteiger partial charge in [-0.05, 0) is 6.92 Å². The van der Waals surface area contributed by atoms with Gasteiger partial charge in [-0.15, -0.1) is 0 Å². The van der Waals surface area contributed by atoms with Crippen LogP contribution >= 0.6 is 11.8 Å². The van der Waals surface area contributed by atoms with E-state index in [0.717, 1.165) is 11.7 Å². The number of sulfonamides is 1. The molecule has 0 aliphatic carbocycles. The van der Waals surface area contributed by atoms with Gasteiger partial charge in [0.05, 0.1) is 5.75 Å². The van der Waals surface area contributed by atoms with Crippen molar-refractivity contribution in [2.45, 2.75) is 18.6 Å². The molecule has 0 radical (unpaired) electrons. The lowest BCUT2D eigenvalue weighted by Crippen LogP contribution is -2.18. The van der Waals surface area contributed by atoms with E-state index in [2.05, 4.69) is 4.98 Å². The molecule has 1 aromatic heterocycles. The Labute approximate surface area is 87.8 Å². The summed E-state index contributed by atoms with van der Waals surface area (Å²) in [5.74, 6) is 0.421. The Balaban J connectivity index is 2.46. The first-order valence-corrected chi connectivity index (χ1v) is 6.87. The van der Waals surface area contributed by atoms with Gasteiger partial charge in [-0.1, -0.05) is 11.8 Å². The number of primary sulfonamides is 1. The largest absolute Gasteiger partial charge is 0.326 e. The second-order valence-electron chi connectivity index (χ2n) is 2.71. The van der Waals surface area contributed by atoms with Crippen molar-refractivity contribution in [3.8, 4) is 0 Å².